The van der Waals surface area contributed by atoms with Gasteiger partial charge in [0.2, 0.25) is 5.89 Å². The molecule has 0 bridgehead atoms. The van der Waals surface area contributed by atoms with Gasteiger partial charge in [-0.2, -0.15) is 0 Å². The molecule has 4 aromatic rings. The van der Waals surface area contributed by atoms with Crippen molar-refractivity contribution in [2.45, 2.75) is 18.7 Å². The maximum Gasteiger partial charge on any atom is 0.322 e. The largest absolute Gasteiger partial charge is 0.403 e. The van der Waals surface area contributed by atoms with Crippen LogP contribution in [0.15, 0.2) is 76.0 Å². The number of benzene rings is 3. The highest BCUT2D eigenvalue weighted by molar-refractivity contribution is 7.92. The number of aromatic nitrogens is 2. The van der Waals surface area contributed by atoms with Gasteiger partial charge < -0.3 is 4.42 Å². The summed E-state index contributed by atoms with van der Waals surface area (Å²) in [4.78, 5) is 12.5. The van der Waals surface area contributed by atoms with Gasteiger partial charge in [-0.3, -0.25) is 14.8 Å². The zero-order valence-corrected chi connectivity index (χ0v) is 18.5. The van der Waals surface area contributed by atoms with Crippen LogP contribution in [0, 0.1) is 19.7 Å². The van der Waals surface area contributed by atoms with Crippen LogP contribution in [0.1, 0.15) is 21.5 Å². The first kappa shape index (κ1) is 22.2. The van der Waals surface area contributed by atoms with Crippen LogP contribution >= 0.6 is 0 Å². The van der Waals surface area contributed by atoms with Gasteiger partial charge in [-0.05, 0) is 67.9 Å². The number of halogens is 1. The van der Waals surface area contributed by atoms with Crippen LogP contribution < -0.4 is 10.0 Å². The Bertz CT molecular complexity index is 1430. The van der Waals surface area contributed by atoms with Crippen LogP contribution in [-0.2, 0) is 10.0 Å². The maximum atomic E-state index is 13.1. The minimum absolute atomic E-state index is 0.0896. The zero-order valence-electron chi connectivity index (χ0n) is 17.7. The third-order valence-electron chi connectivity index (χ3n) is 4.77. The average Bonchev–Trinajstić information content (AvgIpc) is 3.24. The van der Waals surface area contributed by atoms with E-state index in [1.807, 2.05) is 32.0 Å². The Hall–Kier alpha value is -4.05. The molecule has 1 heterocycles. The van der Waals surface area contributed by atoms with Gasteiger partial charge in [-0.15, -0.1) is 5.10 Å². The summed E-state index contributed by atoms with van der Waals surface area (Å²) < 4.78 is 46.0. The summed E-state index contributed by atoms with van der Waals surface area (Å²) in [7, 11) is -3.96. The first-order valence-corrected chi connectivity index (χ1v) is 11.3. The van der Waals surface area contributed by atoms with Crippen LogP contribution in [0.3, 0.4) is 0 Å². The third kappa shape index (κ3) is 5.07. The van der Waals surface area contributed by atoms with Crippen molar-refractivity contribution in [1.29, 1.82) is 0 Å². The molecule has 168 valence electrons. The molecule has 0 fully saturated rings. The number of amides is 1. The van der Waals surface area contributed by atoms with Crippen molar-refractivity contribution in [3.05, 3.63) is 89.2 Å². The Morgan fingerprint density at radius 1 is 0.970 bits per heavy atom. The van der Waals surface area contributed by atoms with Crippen molar-refractivity contribution >= 4 is 27.6 Å². The van der Waals surface area contributed by atoms with Gasteiger partial charge in [-0.25, -0.2) is 12.8 Å². The SMILES string of the molecule is Cc1ccc(C)c(-c2nnc(NC(=O)c3cccc(NS(=O)(=O)c4ccc(F)cc4)c3)o2)c1. The Morgan fingerprint density at radius 3 is 2.48 bits per heavy atom. The molecule has 1 aromatic heterocycles. The van der Waals surface area contributed by atoms with E-state index in [2.05, 4.69) is 20.2 Å². The van der Waals surface area contributed by atoms with Crippen LogP contribution in [0.5, 0.6) is 0 Å². The van der Waals surface area contributed by atoms with E-state index in [9.17, 15) is 17.6 Å². The molecule has 2 N–H and O–H groups in total. The predicted molar refractivity (Wildman–Crippen MR) is 121 cm³/mol. The number of anilines is 2. The first-order chi connectivity index (χ1) is 15.7. The monoisotopic (exact) mass is 466 g/mol. The van der Waals surface area contributed by atoms with Crippen molar-refractivity contribution in [2.24, 2.45) is 0 Å². The number of rotatable bonds is 6. The third-order valence-corrected chi connectivity index (χ3v) is 6.17. The van der Waals surface area contributed by atoms with Crippen molar-refractivity contribution in [1.82, 2.24) is 10.2 Å². The number of sulfonamides is 1. The van der Waals surface area contributed by atoms with Gasteiger partial charge >= 0.3 is 6.01 Å². The van der Waals surface area contributed by atoms with Crippen molar-refractivity contribution in [3.63, 3.8) is 0 Å². The van der Waals surface area contributed by atoms with Gasteiger partial charge in [-0.1, -0.05) is 28.9 Å². The van der Waals surface area contributed by atoms with E-state index < -0.39 is 21.7 Å². The number of hydrogen-bond acceptors (Lipinski definition) is 6. The summed E-state index contributed by atoms with van der Waals surface area (Å²) in [5, 5.41) is 10.4. The Labute approximate surface area is 189 Å². The number of carbonyl (C=O) groups excluding carboxylic acids is 1. The van der Waals surface area contributed by atoms with E-state index >= 15 is 0 Å². The van der Waals surface area contributed by atoms with E-state index in [1.54, 1.807) is 0 Å². The molecule has 3 aromatic carbocycles. The fourth-order valence-corrected chi connectivity index (χ4v) is 4.12. The molecular weight excluding hydrogens is 447 g/mol. The molecule has 0 unspecified atom stereocenters. The van der Waals surface area contributed by atoms with Crippen LogP contribution in [0.4, 0.5) is 16.1 Å². The lowest BCUT2D eigenvalue weighted by atomic mass is 10.1. The number of nitrogens with one attached hydrogen (secondary N) is 2. The van der Waals surface area contributed by atoms with E-state index in [0.29, 0.717) is 0 Å². The second kappa shape index (κ2) is 8.83. The van der Waals surface area contributed by atoms with Crippen molar-refractivity contribution < 1.29 is 22.0 Å². The van der Waals surface area contributed by atoms with Gasteiger partial charge in [0.15, 0.2) is 0 Å². The minimum Gasteiger partial charge on any atom is -0.403 e. The molecule has 4 rings (SSSR count). The molecule has 0 saturated heterocycles. The summed E-state index contributed by atoms with van der Waals surface area (Å²) in [6.07, 6.45) is 0. The molecule has 33 heavy (non-hydrogen) atoms. The molecule has 0 atom stereocenters. The lowest BCUT2D eigenvalue weighted by molar-refractivity contribution is 0.102. The van der Waals surface area contributed by atoms with Gasteiger partial charge in [0, 0.05) is 16.8 Å². The number of carbonyl (C=O) groups is 1. The molecule has 0 saturated carbocycles. The topological polar surface area (TPSA) is 114 Å². The Morgan fingerprint density at radius 2 is 1.73 bits per heavy atom. The summed E-state index contributed by atoms with van der Waals surface area (Å²) in [5.74, 6) is -0.837. The first-order valence-electron chi connectivity index (χ1n) is 9.82. The molecule has 0 spiro atoms. The molecule has 1 amide bonds. The highest BCUT2D eigenvalue weighted by Crippen LogP contribution is 2.25. The second-order valence-corrected chi connectivity index (χ2v) is 9.01. The standard InChI is InChI=1S/C23H19FN4O4S/c1-14-6-7-15(2)20(12-14)22-26-27-23(32-22)25-21(29)16-4-3-5-18(13-16)28-33(30,31)19-10-8-17(24)9-11-19/h3-13,28H,1-2H3,(H,25,27,29). The molecule has 10 heteroatoms. The number of nitrogens with zero attached hydrogens (tertiary/aromatic N) is 2. The quantitative estimate of drug-likeness (QED) is 0.431. The summed E-state index contributed by atoms with van der Waals surface area (Å²) >= 11 is 0. The summed E-state index contributed by atoms with van der Waals surface area (Å²) in [5.41, 5.74) is 3.07. The predicted octanol–water partition coefficient (Wildman–Crippen LogP) is 4.55. The number of hydrogen-bond donors (Lipinski definition) is 2. The molecule has 0 radical (unpaired) electrons. The van der Waals surface area contributed by atoms with Crippen LogP contribution in [0.2, 0.25) is 0 Å². The van der Waals surface area contributed by atoms with Gasteiger partial charge in [0.25, 0.3) is 15.9 Å². The minimum atomic E-state index is -3.96. The average molecular weight is 466 g/mol. The maximum absolute atomic E-state index is 13.1. The van der Waals surface area contributed by atoms with E-state index in [-0.39, 0.29) is 28.1 Å². The highest BCUT2D eigenvalue weighted by atomic mass is 32.2. The van der Waals surface area contributed by atoms with E-state index in [4.69, 9.17) is 4.42 Å². The molecule has 0 aliphatic heterocycles. The zero-order chi connectivity index (χ0) is 23.6. The summed E-state index contributed by atoms with van der Waals surface area (Å²) in [6.45, 7) is 3.86. The van der Waals surface area contributed by atoms with Crippen molar-refractivity contribution in [2.75, 3.05) is 10.0 Å². The fourth-order valence-electron chi connectivity index (χ4n) is 3.07. The lowest BCUT2D eigenvalue weighted by Crippen LogP contribution is -2.15. The Kier molecular flexibility index (Phi) is 5.93. The van der Waals surface area contributed by atoms with Crippen LogP contribution in [0.25, 0.3) is 11.5 Å². The second-order valence-electron chi connectivity index (χ2n) is 7.33. The Balaban J connectivity index is 1.50. The summed E-state index contributed by atoms with van der Waals surface area (Å²) in [6, 6.07) is 16.0. The van der Waals surface area contributed by atoms with Gasteiger partial charge in [0.1, 0.15) is 5.82 Å². The molecule has 8 nitrogen and oxygen atoms in total. The van der Waals surface area contributed by atoms with E-state index in [0.717, 1.165) is 41.0 Å². The number of aryl methyl sites for hydroxylation is 2. The van der Waals surface area contributed by atoms with E-state index in [1.165, 1.54) is 24.3 Å². The smallest absolute Gasteiger partial charge is 0.322 e. The normalized spacial score (nSPS) is 11.2. The highest BCUT2D eigenvalue weighted by Gasteiger charge is 2.17. The fraction of sp³-hybridized carbons (Fsp3) is 0.0870. The molecule has 0 aliphatic carbocycles. The van der Waals surface area contributed by atoms with Crippen LogP contribution in [-0.4, -0.2) is 24.5 Å². The molecular formula is C23H19FN4O4S. The molecule has 0 aliphatic rings. The van der Waals surface area contributed by atoms with Gasteiger partial charge in [0.05, 0.1) is 4.90 Å². The lowest BCUT2D eigenvalue weighted by Gasteiger charge is -2.09. The van der Waals surface area contributed by atoms with Crippen molar-refractivity contribution in [3.8, 4) is 11.5 Å².